The highest BCUT2D eigenvalue weighted by Crippen LogP contribution is 2.33. The lowest BCUT2D eigenvalue weighted by Crippen LogP contribution is -2.01. The van der Waals surface area contributed by atoms with Gasteiger partial charge >= 0.3 is 0 Å². The van der Waals surface area contributed by atoms with E-state index in [0.29, 0.717) is 23.2 Å². The van der Waals surface area contributed by atoms with Crippen molar-refractivity contribution in [3.63, 3.8) is 0 Å². The lowest BCUT2D eigenvalue weighted by atomic mass is 10.1. The van der Waals surface area contributed by atoms with Crippen LogP contribution in [0.25, 0.3) is 0 Å². The lowest BCUT2D eigenvalue weighted by Gasteiger charge is -2.11. The molecule has 0 spiro atoms. The molecule has 0 amide bonds. The minimum atomic E-state index is 0.604. The number of rotatable bonds is 3. The maximum absolute atomic E-state index is 6.14. The number of benzene rings is 2. The average molecular weight is 329 g/mol. The predicted octanol–water partition coefficient (Wildman–Crippen LogP) is 5.19. The Balaban J connectivity index is 1.82. The Hall–Kier alpha value is -1.09. The van der Waals surface area contributed by atoms with E-state index >= 15 is 0 Å². The number of ether oxygens (including phenoxy) is 1. The summed E-state index contributed by atoms with van der Waals surface area (Å²) in [5.74, 6) is 0.940. The molecule has 0 aromatic heterocycles. The van der Waals surface area contributed by atoms with Gasteiger partial charge in [0.15, 0.2) is 0 Å². The molecule has 3 rings (SSSR count). The maximum atomic E-state index is 6.14. The second kappa shape index (κ2) is 5.72. The molecule has 104 valence electrons. The Morgan fingerprint density at radius 2 is 1.65 bits per heavy atom. The summed E-state index contributed by atoms with van der Waals surface area (Å²) in [6, 6.07) is 9.25. The van der Waals surface area contributed by atoms with Crippen LogP contribution in [0.4, 0.5) is 5.69 Å². The molecule has 1 heterocycles. The highest BCUT2D eigenvalue weighted by atomic mass is 35.5. The van der Waals surface area contributed by atoms with Crippen LogP contribution >= 0.6 is 34.8 Å². The smallest absolute Gasteiger partial charge is 0.127 e. The second-order valence-corrected chi connectivity index (χ2v) is 5.97. The third-order valence-corrected chi connectivity index (χ3v) is 3.83. The van der Waals surface area contributed by atoms with Crippen molar-refractivity contribution in [3.8, 4) is 5.75 Å². The summed E-state index contributed by atoms with van der Waals surface area (Å²) in [5.41, 5.74) is 3.08. The van der Waals surface area contributed by atoms with Crippen LogP contribution in [-0.2, 0) is 13.0 Å². The van der Waals surface area contributed by atoms with Crippen LogP contribution < -0.4 is 10.1 Å². The van der Waals surface area contributed by atoms with Gasteiger partial charge in [0.05, 0.1) is 6.61 Å². The van der Waals surface area contributed by atoms with E-state index in [2.05, 4.69) is 5.32 Å². The van der Waals surface area contributed by atoms with Crippen molar-refractivity contribution in [2.24, 2.45) is 0 Å². The van der Waals surface area contributed by atoms with Gasteiger partial charge in [-0.05, 0) is 35.9 Å². The first-order valence-corrected chi connectivity index (χ1v) is 7.39. The number of nitrogens with one attached hydrogen (secondary N) is 1. The maximum Gasteiger partial charge on any atom is 0.127 e. The van der Waals surface area contributed by atoms with Crippen LogP contribution in [0.1, 0.15) is 11.1 Å². The number of halogens is 3. The highest BCUT2D eigenvalue weighted by molar-refractivity contribution is 6.35. The van der Waals surface area contributed by atoms with E-state index in [1.807, 2.05) is 24.3 Å². The molecule has 2 aromatic carbocycles. The molecule has 20 heavy (non-hydrogen) atoms. The molecule has 0 saturated heterocycles. The molecule has 1 aliphatic heterocycles. The molecule has 5 heteroatoms. The molecule has 2 nitrogen and oxygen atoms in total. The van der Waals surface area contributed by atoms with Gasteiger partial charge in [-0.1, -0.05) is 34.8 Å². The summed E-state index contributed by atoms with van der Waals surface area (Å²) < 4.78 is 5.67. The molecule has 0 atom stereocenters. The number of hydrogen-bond acceptors (Lipinski definition) is 2. The van der Waals surface area contributed by atoms with Crippen molar-refractivity contribution >= 4 is 40.5 Å². The first kappa shape index (κ1) is 13.9. The minimum absolute atomic E-state index is 0.604. The van der Waals surface area contributed by atoms with Gasteiger partial charge in [-0.15, -0.1) is 0 Å². The molecular weight excluding hydrogens is 317 g/mol. The first-order chi connectivity index (χ1) is 9.61. The fourth-order valence-corrected chi connectivity index (χ4v) is 3.12. The quantitative estimate of drug-likeness (QED) is 0.836. The van der Waals surface area contributed by atoms with Crippen molar-refractivity contribution in [2.75, 3.05) is 11.9 Å². The predicted molar refractivity (Wildman–Crippen MR) is 84.4 cm³/mol. The van der Waals surface area contributed by atoms with E-state index in [4.69, 9.17) is 39.5 Å². The first-order valence-electron chi connectivity index (χ1n) is 6.26. The normalized spacial score (nSPS) is 12.9. The van der Waals surface area contributed by atoms with Crippen LogP contribution in [-0.4, -0.2) is 6.61 Å². The fourth-order valence-electron chi connectivity index (χ4n) is 2.33. The number of anilines is 1. The molecule has 0 unspecified atom stereocenters. The number of fused-ring (bicyclic) bond motifs is 1. The molecule has 2 aromatic rings. The van der Waals surface area contributed by atoms with Gasteiger partial charge in [0, 0.05) is 39.3 Å². The van der Waals surface area contributed by atoms with Gasteiger partial charge in [-0.2, -0.15) is 0 Å². The fraction of sp³-hybridized carbons (Fsp3) is 0.200. The number of hydrogen-bond donors (Lipinski definition) is 1. The van der Waals surface area contributed by atoms with Gasteiger partial charge in [-0.25, -0.2) is 0 Å². The van der Waals surface area contributed by atoms with E-state index in [9.17, 15) is 0 Å². The van der Waals surface area contributed by atoms with Crippen LogP contribution in [0.15, 0.2) is 30.3 Å². The van der Waals surface area contributed by atoms with Gasteiger partial charge < -0.3 is 10.1 Å². The van der Waals surface area contributed by atoms with Crippen LogP contribution in [0, 0.1) is 0 Å². The van der Waals surface area contributed by atoms with E-state index < -0.39 is 0 Å². The Morgan fingerprint density at radius 1 is 0.950 bits per heavy atom. The summed E-state index contributed by atoms with van der Waals surface area (Å²) in [5, 5.41) is 5.23. The van der Waals surface area contributed by atoms with Crippen molar-refractivity contribution in [2.45, 2.75) is 13.0 Å². The highest BCUT2D eigenvalue weighted by Gasteiger charge is 2.17. The van der Waals surface area contributed by atoms with Crippen LogP contribution in [0.5, 0.6) is 5.75 Å². The van der Waals surface area contributed by atoms with Crippen LogP contribution in [0.3, 0.4) is 0 Å². The van der Waals surface area contributed by atoms with Gasteiger partial charge in [0.1, 0.15) is 5.75 Å². The van der Waals surface area contributed by atoms with Gasteiger partial charge in [0.25, 0.3) is 0 Å². The monoisotopic (exact) mass is 327 g/mol. The molecule has 1 N–H and O–H groups in total. The average Bonchev–Trinajstić information content (AvgIpc) is 2.82. The summed E-state index contributed by atoms with van der Waals surface area (Å²) in [6.45, 7) is 1.32. The molecule has 0 radical (unpaired) electrons. The molecule has 0 bridgehead atoms. The SMILES string of the molecule is Clc1cc(Cl)cc(NCc2cc(Cl)cc3c2OCC3)c1. The Kier molecular flexibility index (Phi) is 3.97. The zero-order valence-corrected chi connectivity index (χ0v) is 12.8. The third-order valence-electron chi connectivity index (χ3n) is 3.17. The lowest BCUT2D eigenvalue weighted by molar-refractivity contribution is 0.354. The standard InChI is InChI=1S/C15H12Cl3NO/c16-11-3-9-1-2-20-15(9)10(4-11)8-19-14-6-12(17)5-13(18)7-14/h3-7,19H,1-2,8H2. The van der Waals surface area contributed by atoms with Crippen molar-refractivity contribution < 1.29 is 4.74 Å². The molecule has 0 saturated carbocycles. The zero-order chi connectivity index (χ0) is 14.1. The van der Waals surface area contributed by atoms with Crippen LogP contribution in [0.2, 0.25) is 15.1 Å². The molecule has 0 aliphatic carbocycles. The molecule has 0 fully saturated rings. The topological polar surface area (TPSA) is 21.3 Å². The summed E-state index contributed by atoms with van der Waals surface area (Å²) in [7, 11) is 0. The van der Waals surface area contributed by atoms with Gasteiger partial charge in [0.2, 0.25) is 0 Å². The van der Waals surface area contributed by atoms with Gasteiger partial charge in [-0.3, -0.25) is 0 Å². The Morgan fingerprint density at radius 3 is 2.40 bits per heavy atom. The zero-order valence-electron chi connectivity index (χ0n) is 10.6. The Bertz CT molecular complexity index is 638. The van der Waals surface area contributed by atoms with Crippen molar-refractivity contribution in [3.05, 3.63) is 56.5 Å². The summed E-state index contributed by atoms with van der Waals surface area (Å²) in [4.78, 5) is 0. The summed E-state index contributed by atoms with van der Waals surface area (Å²) >= 11 is 18.1. The largest absolute Gasteiger partial charge is 0.493 e. The molecule has 1 aliphatic rings. The van der Waals surface area contributed by atoms with E-state index in [1.54, 1.807) is 6.07 Å². The van der Waals surface area contributed by atoms with E-state index in [-0.39, 0.29) is 0 Å². The third kappa shape index (κ3) is 2.98. The summed E-state index contributed by atoms with van der Waals surface area (Å²) in [6.07, 6.45) is 0.909. The van der Waals surface area contributed by atoms with E-state index in [0.717, 1.165) is 28.4 Å². The second-order valence-electron chi connectivity index (χ2n) is 4.66. The van der Waals surface area contributed by atoms with Crippen molar-refractivity contribution in [1.82, 2.24) is 0 Å². The molecular formula is C15H12Cl3NO. The van der Waals surface area contributed by atoms with E-state index in [1.165, 1.54) is 5.56 Å². The Labute approximate surface area is 132 Å². The van der Waals surface area contributed by atoms with Crippen molar-refractivity contribution in [1.29, 1.82) is 0 Å². The minimum Gasteiger partial charge on any atom is -0.493 e.